The van der Waals surface area contributed by atoms with E-state index in [1.165, 1.54) is 0 Å². The lowest BCUT2D eigenvalue weighted by atomic mass is 10.1. The largest absolute Gasteiger partial charge is 0.497 e. The number of ether oxygens (including phenoxy) is 1. The third-order valence-corrected chi connectivity index (χ3v) is 2.60. The fourth-order valence-electron chi connectivity index (χ4n) is 1.44. The molecule has 1 atom stereocenters. The lowest BCUT2D eigenvalue weighted by Crippen LogP contribution is -2.30. The number of hydrogen-bond donors (Lipinski definition) is 2. The van der Waals surface area contributed by atoms with E-state index in [9.17, 15) is 4.79 Å². The third-order valence-electron chi connectivity index (χ3n) is 2.60. The summed E-state index contributed by atoms with van der Waals surface area (Å²) in [7, 11) is 1.59. The molecular formula is C13H19NO3. The van der Waals surface area contributed by atoms with Gasteiger partial charge >= 0.3 is 0 Å². The van der Waals surface area contributed by atoms with Gasteiger partial charge in [-0.3, -0.25) is 4.79 Å². The normalized spacial score (nSPS) is 12.0. The molecule has 0 aliphatic carbocycles. The molecular weight excluding hydrogens is 218 g/mol. The maximum atomic E-state index is 11.9. The highest BCUT2D eigenvalue weighted by molar-refractivity contribution is 5.95. The predicted octanol–water partition coefficient (Wildman–Crippen LogP) is 1.36. The molecule has 0 bridgehead atoms. The zero-order valence-corrected chi connectivity index (χ0v) is 10.5. The summed E-state index contributed by atoms with van der Waals surface area (Å²) in [5.41, 5.74) is 1.51. The Balaban J connectivity index is 2.69. The molecule has 17 heavy (non-hydrogen) atoms. The highest BCUT2D eigenvalue weighted by Crippen LogP contribution is 2.16. The van der Waals surface area contributed by atoms with Crippen molar-refractivity contribution in [2.45, 2.75) is 13.8 Å². The molecule has 0 aliphatic heterocycles. The number of aryl methyl sites for hydroxylation is 1. The zero-order chi connectivity index (χ0) is 12.8. The van der Waals surface area contributed by atoms with Gasteiger partial charge in [0.1, 0.15) is 5.75 Å². The van der Waals surface area contributed by atoms with Gasteiger partial charge in [0.25, 0.3) is 5.91 Å². The summed E-state index contributed by atoms with van der Waals surface area (Å²) in [6.45, 7) is 4.29. The fourth-order valence-corrected chi connectivity index (χ4v) is 1.44. The summed E-state index contributed by atoms with van der Waals surface area (Å²) in [4.78, 5) is 11.9. The van der Waals surface area contributed by atoms with Gasteiger partial charge < -0.3 is 15.2 Å². The minimum atomic E-state index is -0.120. The summed E-state index contributed by atoms with van der Waals surface area (Å²) >= 11 is 0. The maximum absolute atomic E-state index is 11.9. The Morgan fingerprint density at radius 3 is 2.76 bits per heavy atom. The van der Waals surface area contributed by atoms with Crippen molar-refractivity contribution in [1.29, 1.82) is 0 Å². The van der Waals surface area contributed by atoms with E-state index in [1.54, 1.807) is 19.2 Å². The molecule has 1 aromatic rings. The van der Waals surface area contributed by atoms with Gasteiger partial charge in [-0.15, -0.1) is 0 Å². The number of benzene rings is 1. The number of aliphatic hydroxyl groups excluding tert-OH is 1. The average molecular weight is 237 g/mol. The van der Waals surface area contributed by atoms with Crippen molar-refractivity contribution in [3.63, 3.8) is 0 Å². The molecule has 1 amide bonds. The molecule has 0 saturated heterocycles. The van der Waals surface area contributed by atoms with Crippen LogP contribution in [0, 0.1) is 12.8 Å². The minimum absolute atomic E-state index is 0.0671. The molecule has 94 valence electrons. The molecule has 1 aromatic carbocycles. The van der Waals surface area contributed by atoms with Crippen molar-refractivity contribution in [1.82, 2.24) is 5.32 Å². The monoisotopic (exact) mass is 237 g/mol. The number of methoxy groups -OCH3 is 1. The Bertz CT molecular complexity index is 390. The van der Waals surface area contributed by atoms with Gasteiger partial charge in [0.05, 0.1) is 7.11 Å². The van der Waals surface area contributed by atoms with E-state index in [0.29, 0.717) is 12.1 Å². The van der Waals surface area contributed by atoms with Crippen molar-refractivity contribution in [2.24, 2.45) is 5.92 Å². The smallest absolute Gasteiger partial charge is 0.251 e. The Morgan fingerprint density at radius 1 is 1.53 bits per heavy atom. The second-order valence-electron chi connectivity index (χ2n) is 4.18. The first-order valence-electron chi connectivity index (χ1n) is 5.62. The number of hydrogen-bond acceptors (Lipinski definition) is 3. The van der Waals surface area contributed by atoms with E-state index in [4.69, 9.17) is 9.84 Å². The van der Waals surface area contributed by atoms with Gasteiger partial charge in [0, 0.05) is 18.7 Å². The molecule has 0 radical (unpaired) electrons. The van der Waals surface area contributed by atoms with Gasteiger partial charge in [-0.2, -0.15) is 0 Å². The molecule has 1 unspecified atom stereocenters. The van der Waals surface area contributed by atoms with E-state index < -0.39 is 0 Å². The van der Waals surface area contributed by atoms with E-state index in [2.05, 4.69) is 5.32 Å². The molecule has 0 spiro atoms. The van der Waals surface area contributed by atoms with Crippen LogP contribution in [0.3, 0.4) is 0 Å². The van der Waals surface area contributed by atoms with Crippen LogP contribution in [-0.4, -0.2) is 31.3 Å². The zero-order valence-electron chi connectivity index (χ0n) is 10.5. The van der Waals surface area contributed by atoms with Crippen LogP contribution in [0.25, 0.3) is 0 Å². The van der Waals surface area contributed by atoms with Crippen LogP contribution in [0.2, 0.25) is 0 Å². The second-order valence-corrected chi connectivity index (χ2v) is 4.18. The first-order valence-corrected chi connectivity index (χ1v) is 5.62. The highest BCUT2D eigenvalue weighted by Gasteiger charge is 2.10. The quantitative estimate of drug-likeness (QED) is 0.813. The maximum Gasteiger partial charge on any atom is 0.251 e. The van der Waals surface area contributed by atoms with Crippen LogP contribution < -0.4 is 10.1 Å². The van der Waals surface area contributed by atoms with E-state index in [-0.39, 0.29) is 18.4 Å². The van der Waals surface area contributed by atoms with Crippen LogP contribution in [0.4, 0.5) is 0 Å². The van der Waals surface area contributed by atoms with Crippen LogP contribution in [-0.2, 0) is 0 Å². The van der Waals surface area contributed by atoms with E-state index in [0.717, 1.165) is 11.3 Å². The summed E-state index contributed by atoms with van der Waals surface area (Å²) in [6.07, 6.45) is 0. The van der Waals surface area contributed by atoms with Crippen LogP contribution in [0.5, 0.6) is 5.75 Å². The van der Waals surface area contributed by atoms with Gasteiger partial charge in [-0.1, -0.05) is 6.92 Å². The standard InChI is InChI=1S/C13H19NO3/c1-9(8-15)7-14-13(16)12-5-4-11(17-3)6-10(12)2/h4-6,9,15H,7-8H2,1-3H3,(H,14,16). The van der Waals surface area contributed by atoms with Gasteiger partial charge in [0.15, 0.2) is 0 Å². The first kappa shape index (κ1) is 13.5. The summed E-state index contributed by atoms with van der Waals surface area (Å²) in [6, 6.07) is 5.33. The number of nitrogens with one attached hydrogen (secondary N) is 1. The van der Waals surface area contributed by atoms with Crippen LogP contribution in [0.15, 0.2) is 18.2 Å². The fraction of sp³-hybridized carbons (Fsp3) is 0.462. The lowest BCUT2D eigenvalue weighted by Gasteiger charge is -2.11. The molecule has 0 fully saturated rings. The average Bonchev–Trinajstić information content (AvgIpc) is 2.35. The van der Waals surface area contributed by atoms with Gasteiger partial charge in [0.2, 0.25) is 0 Å². The second kappa shape index (κ2) is 6.25. The minimum Gasteiger partial charge on any atom is -0.497 e. The number of amides is 1. The molecule has 4 heteroatoms. The Morgan fingerprint density at radius 2 is 2.24 bits per heavy atom. The number of carbonyl (C=O) groups excluding carboxylic acids is 1. The van der Waals surface area contributed by atoms with Crippen molar-refractivity contribution < 1.29 is 14.6 Å². The van der Waals surface area contributed by atoms with Crippen LogP contribution in [0.1, 0.15) is 22.8 Å². The first-order chi connectivity index (χ1) is 8.08. The molecule has 4 nitrogen and oxygen atoms in total. The van der Waals surface area contributed by atoms with E-state index in [1.807, 2.05) is 19.9 Å². The summed E-state index contributed by atoms with van der Waals surface area (Å²) in [5.74, 6) is 0.686. The Hall–Kier alpha value is -1.55. The van der Waals surface area contributed by atoms with Crippen molar-refractivity contribution in [2.75, 3.05) is 20.3 Å². The molecule has 0 aromatic heterocycles. The predicted molar refractivity (Wildman–Crippen MR) is 66.3 cm³/mol. The summed E-state index contributed by atoms with van der Waals surface area (Å²) in [5, 5.41) is 11.7. The van der Waals surface area contributed by atoms with Crippen molar-refractivity contribution >= 4 is 5.91 Å². The molecule has 0 aliphatic rings. The van der Waals surface area contributed by atoms with Crippen molar-refractivity contribution in [3.05, 3.63) is 29.3 Å². The Kier molecular flexibility index (Phi) is 4.97. The van der Waals surface area contributed by atoms with Gasteiger partial charge in [-0.25, -0.2) is 0 Å². The highest BCUT2D eigenvalue weighted by atomic mass is 16.5. The molecule has 0 saturated carbocycles. The lowest BCUT2D eigenvalue weighted by molar-refractivity contribution is 0.0941. The number of aliphatic hydroxyl groups is 1. The topological polar surface area (TPSA) is 58.6 Å². The third kappa shape index (κ3) is 3.75. The van der Waals surface area contributed by atoms with Gasteiger partial charge in [-0.05, 0) is 36.6 Å². The van der Waals surface area contributed by atoms with Crippen molar-refractivity contribution in [3.8, 4) is 5.75 Å². The molecule has 0 heterocycles. The molecule has 1 rings (SSSR count). The van der Waals surface area contributed by atoms with E-state index >= 15 is 0 Å². The van der Waals surface area contributed by atoms with Crippen LogP contribution >= 0.6 is 0 Å². The number of carbonyl (C=O) groups is 1. The summed E-state index contributed by atoms with van der Waals surface area (Å²) < 4.78 is 5.08. The number of rotatable bonds is 5. The molecule has 2 N–H and O–H groups in total. The Labute approximate surface area is 102 Å². The SMILES string of the molecule is COc1ccc(C(=O)NCC(C)CO)c(C)c1.